The van der Waals surface area contributed by atoms with Gasteiger partial charge in [-0.25, -0.2) is 15.0 Å². The zero-order chi connectivity index (χ0) is 20.4. The van der Waals surface area contributed by atoms with Gasteiger partial charge in [0.2, 0.25) is 0 Å². The number of aryl methyl sites for hydroxylation is 4. The van der Waals surface area contributed by atoms with Crippen LogP contribution in [0.3, 0.4) is 0 Å². The van der Waals surface area contributed by atoms with Gasteiger partial charge in [-0.05, 0) is 46.5 Å². The molecule has 0 aromatic carbocycles. The Labute approximate surface area is 169 Å². The molecule has 1 aliphatic rings. The number of hydrogen-bond donors (Lipinski definition) is 0. The van der Waals surface area contributed by atoms with E-state index in [9.17, 15) is 4.79 Å². The van der Waals surface area contributed by atoms with Gasteiger partial charge in [0.1, 0.15) is 11.6 Å². The first-order valence-corrected chi connectivity index (χ1v) is 9.86. The van der Waals surface area contributed by atoms with Crippen molar-refractivity contribution in [2.45, 2.75) is 52.5 Å². The first-order chi connectivity index (χ1) is 14.0. The van der Waals surface area contributed by atoms with E-state index in [2.05, 4.69) is 20.1 Å². The topological polar surface area (TPSA) is 97.9 Å². The van der Waals surface area contributed by atoms with Crippen molar-refractivity contribution in [2.75, 3.05) is 6.54 Å². The van der Waals surface area contributed by atoms with E-state index in [1.54, 1.807) is 24.8 Å². The quantitative estimate of drug-likeness (QED) is 0.658. The van der Waals surface area contributed by atoms with Gasteiger partial charge < -0.3 is 9.42 Å². The number of carbonyl (C=O) groups excluding carboxylic acids is 1. The van der Waals surface area contributed by atoms with E-state index >= 15 is 0 Å². The predicted octanol–water partition coefficient (Wildman–Crippen LogP) is 3.08. The Kier molecular flexibility index (Phi) is 5.33. The van der Waals surface area contributed by atoms with Gasteiger partial charge in [0.15, 0.2) is 0 Å². The summed E-state index contributed by atoms with van der Waals surface area (Å²) in [7, 11) is 0. The van der Waals surface area contributed by atoms with E-state index in [1.165, 1.54) is 0 Å². The molecule has 4 rings (SSSR count). The molecule has 1 amide bonds. The van der Waals surface area contributed by atoms with Crippen molar-refractivity contribution in [3.63, 3.8) is 0 Å². The van der Waals surface area contributed by atoms with Crippen molar-refractivity contribution in [2.24, 2.45) is 0 Å². The fourth-order valence-corrected chi connectivity index (χ4v) is 3.88. The molecular formula is C21H24N6O2. The summed E-state index contributed by atoms with van der Waals surface area (Å²) >= 11 is 0. The molecular weight excluding hydrogens is 368 g/mol. The zero-order valence-corrected chi connectivity index (χ0v) is 16.9. The Morgan fingerprint density at radius 2 is 1.97 bits per heavy atom. The van der Waals surface area contributed by atoms with Crippen LogP contribution in [0.2, 0.25) is 0 Å². The molecule has 1 fully saturated rings. The summed E-state index contributed by atoms with van der Waals surface area (Å²) in [6.07, 6.45) is 10.3. The summed E-state index contributed by atoms with van der Waals surface area (Å²) in [6.45, 7) is 6.35. The Balaban J connectivity index is 1.45. The van der Waals surface area contributed by atoms with Gasteiger partial charge in [-0.2, -0.15) is 0 Å². The maximum absolute atomic E-state index is 12.9. The molecule has 1 saturated heterocycles. The molecule has 8 nitrogen and oxygen atoms in total. The van der Waals surface area contributed by atoms with E-state index in [0.29, 0.717) is 11.4 Å². The number of carbonyl (C=O) groups is 1. The minimum atomic E-state index is 0.00283. The second kappa shape index (κ2) is 8.06. The Hall–Kier alpha value is -3.16. The van der Waals surface area contributed by atoms with Crippen LogP contribution in [-0.2, 0) is 6.42 Å². The van der Waals surface area contributed by atoms with E-state index in [0.717, 1.165) is 60.6 Å². The van der Waals surface area contributed by atoms with E-state index < -0.39 is 0 Å². The monoisotopic (exact) mass is 392 g/mol. The van der Waals surface area contributed by atoms with E-state index in [1.807, 2.05) is 25.7 Å². The van der Waals surface area contributed by atoms with Crippen molar-refractivity contribution < 1.29 is 9.32 Å². The SMILES string of the molecule is Cc1ncc(C(=O)N2CCC[C@@H]2CCc2cncc(-c3c(C)noc3C)n2)cn1. The number of nitrogens with zero attached hydrogens (tertiary/aromatic N) is 6. The average molecular weight is 392 g/mol. The lowest BCUT2D eigenvalue weighted by Crippen LogP contribution is -2.36. The molecule has 0 spiro atoms. The lowest BCUT2D eigenvalue weighted by atomic mass is 10.1. The summed E-state index contributed by atoms with van der Waals surface area (Å²) in [5.74, 6) is 1.40. The molecule has 8 heteroatoms. The zero-order valence-electron chi connectivity index (χ0n) is 16.9. The number of amides is 1. The molecule has 29 heavy (non-hydrogen) atoms. The minimum Gasteiger partial charge on any atom is -0.361 e. The van der Waals surface area contributed by atoms with Crippen LogP contribution in [0.4, 0.5) is 0 Å². The van der Waals surface area contributed by atoms with Crippen molar-refractivity contribution in [3.05, 3.63) is 53.3 Å². The lowest BCUT2D eigenvalue weighted by molar-refractivity contribution is 0.0729. The van der Waals surface area contributed by atoms with Gasteiger partial charge in [-0.3, -0.25) is 9.78 Å². The van der Waals surface area contributed by atoms with Crippen LogP contribution >= 0.6 is 0 Å². The van der Waals surface area contributed by atoms with Gasteiger partial charge in [0, 0.05) is 31.2 Å². The van der Waals surface area contributed by atoms with Crippen LogP contribution in [0.25, 0.3) is 11.3 Å². The minimum absolute atomic E-state index is 0.00283. The highest BCUT2D eigenvalue weighted by Crippen LogP contribution is 2.26. The molecule has 4 heterocycles. The lowest BCUT2D eigenvalue weighted by Gasteiger charge is -2.24. The first-order valence-electron chi connectivity index (χ1n) is 9.86. The molecule has 0 unspecified atom stereocenters. The molecule has 1 atom stereocenters. The maximum Gasteiger partial charge on any atom is 0.257 e. The molecule has 150 valence electrons. The van der Waals surface area contributed by atoms with Gasteiger partial charge in [-0.15, -0.1) is 0 Å². The number of rotatable bonds is 5. The number of likely N-dealkylation sites (tertiary alicyclic amines) is 1. The van der Waals surface area contributed by atoms with E-state index in [-0.39, 0.29) is 11.9 Å². The van der Waals surface area contributed by atoms with Crippen LogP contribution in [-0.4, -0.2) is 48.5 Å². The Morgan fingerprint density at radius 1 is 1.17 bits per heavy atom. The molecule has 0 N–H and O–H groups in total. The summed E-state index contributed by atoms with van der Waals surface area (Å²) in [6, 6.07) is 0.188. The third kappa shape index (κ3) is 4.01. The van der Waals surface area contributed by atoms with Crippen LogP contribution in [0, 0.1) is 20.8 Å². The van der Waals surface area contributed by atoms with Crippen LogP contribution in [0.5, 0.6) is 0 Å². The van der Waals surface area contributed by atoms with Crippen molar-refractivity contribution in [3.8, 4) is 11.3 Å². The fourth-order valence-electron chi connectivity index (χ4n) is 3.88. The molecule has 0 radical (unpaired) electrons. The molecule has 0 aliphatic carbocycles. The van der Waals surface area contributed by atoms with Gasteiger partial charge in [0.05, 0.1) is 34.4 Å². The van der Waals surface area contributed by atoms with Crippen molar-refractivity contribution in [1.29, 1.82) is 0 Å². The van der Waals surface area contributed by atoms with Crippen LogP contribution < -0.4 is 0 Å². The first kappa shape index (κ1) is 19.2. The highest BCUT2D eigenvalue weighted by atomic mass is 16.5. The van der Waals surface area contributed by atoms with Gasteiger partial charge in [-0.1, -0.05) is 5.16 Å². The maximum atomic E-state index is 12.9. The highest BCUT2D eigenvalue weighted by molar-refractivity contribution is 5.94. The van der Waals surface area contributed by atoms with Crippen LogP contribution in [0.1, 0.15) is 52.6 Å². The summed E-state index contributed by atoms with van der Waals surface area (Å²) in [5.41, 5.74) is 3.93. The molecule has 0 saturated carbocycles. The molecule has 3 aromatic heterocycles. The fraction of sp³-hybridized carbons (Fsp3) is 0.429. The second-order valence-corrected chi connectivity index (χ2v) is 7.45. The largest absolute Gasteiger partial charge is 0.361 e. The molecule has 3 aromatic rings. The standard InChI is InChI=1S/C21H24N6O2/c1-13-20(14(2)29-26-13)19-12-22-11-17(25-19)6-7-18-5-4-8-27(18)21(28)16-9-23-15(3)24-10-16/h9-12,18H,4-8H2,1-3H3/t18-/m1/s1. The smallest absolute Gasteiger partial charge is 0.257 e. The summed E-state index contributed by atoms with van der Waals surface area (Å²) in [5, 5.41) is 4.00. The van der Waals surface area contributed by atoms with Crippen molar-refractivity contribution in [1.82, 2.24) is 30.0 Å². The van der Waals surface area contributed by atoms with Crippen molar-refractivity contribution >= 4 is 5.91 Å². The molecule has 0 bridgehead atoms. The Bertz CT molecular complexity index is 995. The normalized spacial score (nSPS) is 16.4. The summed E-state index contributed by atoms with van der Waals surface area (Å²) in [4.78, 5) is 32.2. The third-order valence-electron chi connectivity index (χ3n) is 5.37. The summed E-state index contributed by atoms with van der Waals surface area (Å²) < 4.78 is 5.25. The Morgan fingerprint density at radius 3 is 2.69 bits per heavy atom. The van der Waals surface area contributed by atoms with E-state index in [4.69, 9.17) is 9.51 Å². The molecule has 1 aliphatic heterocycles. The van der Waals surface area contributed by atoms with Crippen LogP contribution in [0.15, 0.2) is 29.3 Å². The number of aromatic nitrogens is 5. The number of hydrogen-bond acceptors (Lipinski definition) is 7. The average Bonchev–Trinajstić information content (AvgIpc) is 3.33. The predicted molar refractivity (Wildman–Crippen MR) is 106 cm³/mol. The second-order valence-electron chi connectivity index (χ2n) is 7.45. The van der Waals surface area contributed by atoms with Gasteiger partial charge >= 0.3 is 0 Å². The van der Waals surface area contributed by atoms with Gasteiger partial charge in [0.25, 0.3) is 5.91 Å². The third-order valence-corrected chi connectivity index (χ3v) is 5.37. The highest BCUT2D eigenvalue weighted by Gasteiger charge is 2.29.